The van der Waals surface area contributed by atoms with Crippen LogP contribution in [0, 0.1) is 0 Å². The Bertz CT molecular complexity index is 525. The zero-order valence-electron chi connectivity index (χ0n) is 8.45. The fraction of sp³-hybridized carbons (Fsp3) is 0.250. The Kier molecular flexibility index (Phi) is 2.12. The summed E-state index contributed by atoms with van der Waals surface area (Å²) in [5, 5.41) is 0.798. The van der Waals surface area contributed by atoms with Crippen molar-refractivity contribution in [3.05, 3.63) is 46.2 Å². The molecule has 0 saturated heterocycles. The summed E-state index contributed by atoms with van der Waals surface area (Å²) in [6.45, 7) is 2.11. The first kappa shape index (κ1) is 9.00. The smallest absolute Gasteiger partial charge is 0.189 e. The van der Waals surface area contributed by atoms with Crippen LogP contribution in [0.25, 0.3) is 10.9 Å². The third kappa shape index (κ3) is 1.33. The van der Waals surface area contributed by atoms with Gasteiger partial charge in [-0.25, -0.2) is 0 Å². The van der Waals surface area contributed by atoms with E-state index in [9.17, 15) is 4.79 Å². The molecule has 72 valence electrons. The maximum Gasteiger partial charge on any atom is 0.189 e. The molecule has 0 aliphatic heterocycles. The first-order valence-electron chi connectivity index (χ1n) is 4.80. The molecular formula is C12H13NO. The normalized spacial score (nSPS) is 10.7. The van der Waals surface area contributed by atoms with E-state index in [1.165, 1.54) is 5.56 Å². The van der Waals surface area contributed by atoms with Gasteiger partial charge in [-0.2, -0.15) is 0 Å². The molecule has 2 rings (SSSR count). The number of aryl methyl sites for hydroxylation is 2. The third-order valence-corrected chi connectivity index (χ3v) is 2.57. The number of benzene rings is 1. The lowest BCUT2D eigenvalue weighted by atomic mass is 10.1. The van der Waals surface area contributed by atoms with Crippen LogP contribution in [0.5, 0.6) is 0 Å². The molecule has 0 spiro atoms. The summed E-state index contributed by atoms with van der Waals surface area (Å²) >= 11 is 0. The number of nitrogens with zero attached hydrogens (tertiary/aromatic N) is 1. The Labute approximate surface area is 82.8 Å². The molecule has 0 saturated carbocycles. The molecule has 14 heavy (non-hydrogen) atoms. The lowest BCUT2D eigenvalue weighted by Crippen LogP contribution is -2.05. The molecule has 1 heterocycles. The van der Waals surface area contributed by atoms with E-state index in [1.807, 2.05) is 29.9 Å². The van der Waals surface area contributed by atoms with Crippen LogP contribution in [-0.2, 0) is 13.5 Å². The van der Waals surface area contributed by atoms with Crippen molar-refractivity contribution >= 4 is 10.9 Å². The minimum Gasteiger partial charge on any atom is -0.350 e. The van der Waals surface area contributed by atoms with E-state index in [0.29, 0.717) is 0 Å². The van der Waals surface area contributed by atoms with Gasteiger partial charge in [0.1, 0.15) is 0 Å². The van der Waals surface area contributed by atoms with Crippen molar-refractivity contribution in [1.29, 1.82) is 0 Å². The van der Waals surface area contributed by atoms with Gasteiger partial charge in [0.2, 0.25) is 0 Å². The Morgan fingerprint density at radius 2 is 2.07 bits per heavy atom. The topological polar surface area (TPSA) is 22.0 Å². The van der Waals surface area contributed by atoms with Crippen LogP contribution in [0.1, 0.15) is 12.5 Å². The fourth-order valence-corrected chi connectivity index (χ4v) is 1.65. The summed E-state index contributed by atoms with van der Waals surface area (Å²) in [7, 11) is 1.96. The van der Waals surface area contributed by atoms with E-state index in [4.69, 9.17) is 0 Å². The number of fused-ring (bicyclic) bond motifs is 1. The summed E-state index contributed by atoms with van der Waals surface area (Å²) in [5.41, 5.74) is 2.37. The second-order valence-electron chi connectivity index (χ2n) is 3.50. The molecule has 0 atom stereocenters. The van der Waals surface area contributed by atoms with Gasteiger partial charge in [-0.1, -0.05) is 13.0 Å². The summed E-state index contributed by atoms with van der Waals surface area (Å²) in [6, 6.07) is 7.62. The van der Waals surface area contributed by atoms with Crippen molar-refractivity contribution in [1.82, 2.24) is 4.57 Å². The second-order valence-corrected chi connectivity index (χ2v) is 3.50. The SMILES string of the molecule is CCc1ccc2c(=O)ccn(C)c2c1. The largest absolute Gasteiger partial charge is 0.350 e. The van der Waals surface area contributed by atoms with Crippen molar-refractivity contribution in [2.45, 2.75) is 13.3 Å². The Balaban J connectivity index is 2.87. The van der Waals surface area contributed by atoms with Gasteiger partial charge in [0.05, 0.1) is 5.52 Å². The Morgan fingerprint density at radius 3 is 2.79 bits per heavy atom. The number of hydrogen-bond donors (Lipinski definition) is 0. The Morgan fingerprint density at radius 1 is 1.29 bits per heavy atom. The van der Waals surface area contributed by atoms with Crippen molar-refractivity contribution < 1.29 is 0 Å². The highest BCUT2D eigenvalue weighted by Crippen LogP contribution is 2.12. The molecule has 2 nitrogen and oxygen atoms in total. The van der Waals surface area contributed by atoms with Crippen LogP contribution in [-0.4, -0.2) is 4.57 Å². The monoisotopic (exact) mass is 187 g/mol. The van der Waals surface area contributed by atoms with Gasteiger partial charge >= 0.3 is 0 Å². The minimum atomic E-state index is 0.0979. The number of rotatable bonds is 1. The third-order valence-electron chi connectivity index (χ3n) is 2.57. The fourth-order valence-electron chi connectivity index (χ4n) is 1.65. The minimum absolute atomic E-state index is 0.0979. The molecular weight excluding hydrogens is 174 g/mol. The summed E-state index contributed by atoms with van der Waals surface area (Å²) in [5.74, 6) is 0. The lowest BCUT2D eigenvalue weighted by Gasteiger charge is -2.05. The average Bonchev–Trinajstić information content (AvgIpc) is 2.23. The van der Waals surface area contributed by atoms with Gasteiger partial charge in [0, 0.05) is 24.7 Å². The van der Waals surface area contributed by atoms with E-state index in [0.717, 1.165) is 17.3 Å². The zero-order chi connectivity index (χ0) is 10.1. The quantitative estimate of drug-likeness (QED) is 0.670. The van der Waals surface area contributed by atoms with Crippen molar-refractivity contribution in [3.8, 4) is 0 Å². The molecule has 1 aromatic carbocycles. The van der Waals surface area contributed by atoms with E-state index in [-0.39, 0.29) is 5.43 Å². The maximum absolute atomic E-state index is 11.5. The molecule has 0 aliphatic rings. The predicted octanol–water partition coefficient (Wildman–Crippen LogP) is 2.10. The maximum atomic E-state index is 11.5. The predicted molar refractivity (Wildman–Crippen MR) is 58.6 cm³/mol. The van der Waals surface area contributed by atoms with Gasteiger partial charge in [-0.05, 0) is 24.1 Å². The van der Waals surface area contributed by atoms with E-state index >= 15 is 0 Å². The molecule has 0 fully saturated rings. The number of hydrogen-bond acceptors (Lipinski definition) is 1. The summed E-state index contributed by atoms with van der Waals surface area (Å²) in [4.78, 5) is 11.5. The van der Waals surface area contributed by atoms with Gasteiger partial charge in [0.25, 0.3) is 0 Å². The average molecular weight is 187 g/mol. The van der Waals surface area contributed by atoms with E-state index in [1.54, 1.807) is 6.07 Å². The first-order chi connectivity index (χ1) is 6.72. The standard InChI is InChI=1S/C12H13NO/c1-3-9-4-5-10-11(8-9)13(2)7-6-12(10)14/h4-8H,3H2,1-2H3. The van der Waals surface area contributed by atoms with Crippen molar-refractivity contribution in [3.63, 3.8) is 0 Å². The van der Waals surface area contributed by atoms with Crippen LogP contribution in [0.3, 0.4) is 0 Å². The van der Waals surface area contributed by atoms with Gasteiger partial charge in [0.15, 0.2) is 5.43 Å². The molecule has 0 unspecified atom stereocenters. The van der Waals surface area contributed by atoms with E-state index < -0.39 is 0 Å². The van der Waals surface area contributed by atoms with Crippen LogP contribution >= 0.6 is 0 Å². The number of aromatic nitrogens is 1. The summed E-state index contributed by atoms with van der Waals surface area (Å²) < 4.78 is 1.98. The van der Waals surface area contributed by atoms with Crippen LogP contribution < -0.4 is 5.43 Å². The molecule has 0 bridgehead atoms. The molecule has 0 aliphatic carbocycles. The molecule has 0 amide bonds. The molecule has 0 N–H and O–H groups in total. The highest BCUT2D eigenvalue weighted by atomic mass is 16.1. The van der Waals surface area contributed by atoms with E-state index in [2.05, 4.69) is 13.0 Å². The van der Waals surface area contributed by atoms with Crippen molar-refractivity contribution in [2.24, 2.45) is 7.05 Å². The lowest BCUT2D eigenvalue weighted by molar-refractivity contribution is 0.947. The van der Waals surface area contributed by atoms with Crippen LogP contribution in [0.4, 0.5) is 0 Å². The zero-order valence-corrected chi connectivity index (χ0v) is 8.45. The molecule has 2 heteroatoms. The van der Waals surface area contributed by atoms with Crippen LogP contribution in [0.2, 0.25) is 0 Å². The van der Waals surface area contributed by atoms with Gasteiger partial charge < -0.3 is 4.57 Å². The summed E-state index contributed by atoms with van der Waals surface area (Å²) in [6.07, 6.45) is 2.81. The molecule has 2 aromatic rings. The first-order valence-corrected chi connectivity index (χ1v) is 4.80. The Hall–Kier alpha value is -1.57. The highest BCUT2D eigenvalue weighted by Gasteiger charge is 2.00. The second kappa shape index (κ2) is 3.29. The molecule has 1 aromatic heterocycles. The van der Waals surface area contributed by atoms with Gasteiger partial charge in [-0.3, -0.25) is 4.79 Å². The van der Waals surface area contributed by atoms with Crippen LogP contribution in [0.15, 0.2) is 35.3 Å². The number of pyridine rings is 1. The van der Waals surface area contributed by atoms with Gasteiger partial charge in [-0.15, -0.1) is 0 Å². The highest BCUT2D eigenvalue weighted by molar-refractivity contribution is 5.79. The molecule has 0 radical (unpaired) electrons. The van der Waals surface area contributed by atoms with Crippen molar-refractivity contribution in [2.75, 3.05) is 0 Å².